The smallest absolute Gasteiger partial charge is 0.314 e. The summed E-state index contributed by atoms with van der Waals surface area (Å²) in [7, 11) is 0. The Kier molecular flexibility index (Phi) is 7.01. The van der Waals surface area contributed by atoms with E-state index in [2.05, 4.69) is 0 Å². The van der Waals surface area contributed by atoms with Crippen LogP contribution in [0.2, 0.25) is 0 Å². The number of carboxylic acid groups (broad SMARTS) is 1. The van der Waals surface area contributed by atoms with Crippen molar-refractivity contribution in [2.45, 2.75) is 52.9 Å². The molecular formula is C12H22O3. The lowest BCUT2D eigenvalue weighted by Crippen LogP contribution is -2.29. The number of aliphatic carboxylic acids is 1. The lowest BCUT2D eigenvalue weighted by atomic mass is 9.86. The quantitative estimate of drug-likeness (QED) is 0.632. The highest BCUT2D eigenvalue weighted by molar-refractivity contribution is 5.99. The van der Waals surface area contributed by atoms with Gasteiger partial charge in [0.2, 0.25) is 0 Å². The van der Waals surface area contributed by atoms with Crippen LogP contribution in [0.4, 0.5) is 0 Å². The Hall–Kier alpha value is -0.860. The van der Waals surface area contributed by atoms with Crippen LogP contribution in [0.5, 0.6) is 0 Å². The zero-order valence-corrected chi connectivity index (χ0v) is 9.95. The molecule has 0 fully saturated rings. The molecule has 0 aromatic rings. The van der Waals surface area contributed by atoms with Gasteiger partial charge in [0, 0.05) is 5.92 Å². The molecule has 88 valence electrons. The first-order valence-corrected chi connectivity index (χ1v) is 5.84. The molecule has 15 heavy (non-hydrogen) atoms. The minimum absolute atomic E-state index is 0.0806. The molecule has 0 amide bonds. The molecule has 0 rings (SSSR count). The first kappa shape index (κ1) is 14.1. The van der Waals surface area contributed by atoms with Crippen molar-refractivity contribution < 1.29 is 14.7 Å². The van der Waals surface area contributed by atoms with Gasteiger partial charge in [-0.1, -0.05) is 33.6 Å². The number of carbonyl (C=O) groups is 2. The SMILES string of the molecule is CCCCC(C(=O)O)C(=O)C(CC)CC. The number of Topliss-reactive ketones (excluding diaryl/α,β-unsaturated/α-hetero) is 1. The van der Waals surface area contributed by atoms with E-state index in [1.165, 1.54) is 0 Å². The van der Waals surface area contributed by atoms with Gasteiger partial charge in [-0.25, -0.2) is 0 Å². The van der Waals surface area contributed by atoms with E-state index in [9.17, 15) is 9.59 Å². The van der Waals surface area contributed by atoms with Crippen LogP contribution < -0.4 is 0 Å². The van der Waals surface area contributed by atoms with Gasteiger partial charge in [-0.2, -0.15) is 0 Å². The zero-order chi connectivity index (χ0) is 11.8. The van der Waals surface area contributed by atoms with Crippen molar-refractivity contribution >= 4 is 11.8 Å². The van der Waals surface area contributed by atoms with Crippen molar-refractivity contribution in [2.24, 2.45) is 11.8 Å². The third kappa shape index (κ3) is 4.45. The molecule has 0 saturated heterocycles. The van der Waals surface area contributed by atoms with E-state index < -0.39 is 11.9 Å². The molecule has 0 spiro atoms. The number of hydrogen-bond acceptors (Lipinski definition) is 2. The summed E-state index contributed by atoms with van der Waals surface area (Å²) in [5.41, 5.74) is 0. The van der Waals surface area contributed by atoms with Crippen LogP contribution in [0.3, 0.4) is 0 Å². The van der Waals surface area contributed by atoms with E-state index in [0.29, 0.717) is 6.42 Å². The molecule has 3 heteroatoms. The molecule has 1 unspecified atom stereocenters. The first-order valence-electron chi connectivity index (χ1n) is 5.84. The lowest BCUT2D eigenvalue weighted by Gasteiger charge is -2.17. The minimum atomic E-state index is -0.958. The highest BCUT2D eigenvalue weighted by Gasteiger charge is 2.29. The van der Waals surface area contributed by atoms with E-state index in [-0.39, 0.29) is 11.7 Å². The standard InChI is InChI=1S/C12H22O3/c1-4-7-8-10(12(14)15)11(13)9(5-2)6-3/h9-10H,4-8H2,1-3H3,(H,14,15). The fourth-order valence-electron chi connectivity index (χ4n) is 1.77. The van der Waals surface area contributed by atoms with E-state index in [0.717, 1.165) is 25.7 Å². The third-order valence-corrected chi connectivity index (χ3v) is 2.88. The topological polar surface area (TPSA) is 54.4 Å². The predicted molar refractivity (Wildman–Crippen MR) is 59.7 cm³/mol. The molecule has 0 radical (unpaired) electrons. The Labute approximate surface area is 91.9 Å². The Balaban J connectivity index is 4.46. The normalized spacial score (nSPS) is 12.8. The molecule has 3 nitrogen and oxygen atoms in total. The van der Waals surface area contributed by atoms with Crippen LogP contribution in [0.1, 0.15) is 52.9 Å². The molecule has 0 bridgehead atoms. The second-order valence-corrected chi connectivity index (χ2v) is 3.95. The van der Waals surface area contributed by atoms with Crippen molar-refractivity contribution in [3.63, 3.8) is 0 Å². The minimum Gasteiger partial charge on any atom is -0.481 e. The van der Waals surface area contributed by atoms with E-state index in [1.54, 1.807) is 0 Å². The summed E-state index contributed by atoms with van der Waals surface area (Å²) in [6.45, 7) is 5.87. The van der Waals surface area contributed by atoms with Gasteiger partial charge in [0.1, 0.15) is 11.7 Å². The number of rotatable bonds is 8. The molecule has 0 aromatic heterocycles. The monoisotopic (exact) mass is 214 g/mol. The highest BCUT2D eigenvalue weighted by atomic mass is 16.4. The van der Waals surface area contributed by atoms with Crippen molar-refractivity contribution in [3.05, 3.63) is 0 Å². The maximum absolute atomic E-state index is 11.9. The zero-order valence-electron chi connectivity index (χ0n) is 9.95. The van der Waals surface area contributed by atoms with Gasteiger partial charge in [-0.05, 0) is 19.3 Å². The molecule has 0 aliphatic carbocycles. The van der Waals surface area contributed by atoms with Crippen LogP contribution >= 0.6 is 0 Å². The van der Waals surface area contributed by atoms with Crippen LogP contribution in [-0.4, -0.2) is 16.9 Å². The molecule has 0 saturated carbocycles. The summed E-state index contributed by atoms with van der Waals surface area (Å²) < 4.78 is 0. The summed E-state index contributed by atoms with van der Waals surface area (Å²) in [5.74, 6) is -1.90. The molecule has 1 N–H and O–H groups in total. The van der Waals surface area contributed by atoms with Crippen LogP contribution in [0, 0.1) is 11.8 Å². The van der Waals surface area contributed by atoms with Crippen molar-refractivity contribution in [1.82, 2.24) is 0 Å². The fourth-order valence-corrected chi connectivity index (χ4v) is 1.77. The van der Waals surface area contributed by atoms with Gasteiger partial charge in [0.15, 0.2) is 0 Å². The van der Waals surface area contributed by atoms with Gasteiger partial charge in [-0.3, -0.25) is 9.59 Å². The molecule has 0 aliphatic heterocycles. The summed E-state index contributed by atoms with van der Waals surface area (Å²) in [6.07, 6.45) is 3.71. The Bertz CT molecular complexity index is 207. The average Bonchev–Trinajstić information content (AvgIpc) is 2.19. The molecule has 0 aliphatic rings. The second-order valence-electron chi connectivity index (χ2n) is 3.95. The number of ketones is 1. The molecular weight excluding hydrogens is 192 g/mol. The van der Waals surface area contributed by atoms with Crippen LogP contribution in [-0.2, 0) is 9.59 Å². The first-order chi connectivity index (χ1) is 7.08. The van der Waals surface area contributed by atoms with E-state index >= 15 is 0 Å². The number of hydrogen-bond donors (Lipinski definition) is 1. The maximum Gasteiger partial charge on any atom is 0.314 e. The fraction of sp³-hybridized carbons (Fsp3) is 0.833. The van der Waals surface area contributed by atoms with Crippen LogP contribution in [0.15, 0.2) is 0 Å². The Morgan fingerprint density at radius 3 is 2.00 bits per heavy atom. The number of unbranched alkanes of at least 4 members (excludes halogenated alkanes) is 1. The molecule has 1 atom stereocenters. The lowest BCUT2D eigenvalue weighted by molar-refractivity contribution is -0.148. The highest BCUT2D eigenvalue weighted by Crippen LogP contribution is 2.19. The second kappa shape index (κ2) is 7.43. The Morgan fingerprint density at radius 2 is 1.67 bits per heavy atom. The summed E-state index contributed by atoms with van der Waals surface area (Å²) in [6, 6.07) is 0. The van der Waals surface area contributed by atoms with E-state index in [1.807, 2.05) is 20.8 Å². The maximum atomic E-state index is 11.9. The van der Waals surface area contributed by atoms with Crippen molar-refractivity contribution in [1.29, 1.82) is 0 Å². The summed E-state index contributed by atoms with van der Waals surface area (Å²) in [4.78, 5) is 22.8. The van der Waals surface area contributed by atoms with Gasteiger partial charge >= 0.3 is 5.97 Å². The predicted octanol–water partition coefficient (Wildman–Crippen LogP) is 2.88. The number of carbonyl (C=O) groups excluding carboxylic acids is 1. The average molecular weight is 214 g/mol. The summed E-state index contributed by atoms with van der Waals surface area (Å²) in [5, 5.41) is 8.99. The molecule has 0 heterocycles. The van der Waals surface area contributed by atoms with Gasteiger partial charge in [0.25, 0.3) is 0 Å². The Morgan fingerprint density at radius 1 is 1.13 bits per heavy atom. The van der Waals surface area contributed by atoms with Gasteiger partial charge < -0.3 is 5.11 Å². The van der Waals surface area contributed by atoms with Crippen molar-refractivity contribution in [2.75, 3.05) is 0 Å². The van der Waals surface area contributed by atoms with E-state index in [4.69, 9.17) is 5.11 Å². The van der Waals surface area contributed by atoms with Crippen molar-refractivity contribution in [3.8, 4) is 0 Å². The van der Waals surface area contributed by atoms with Gasteiger partial charge in [-0.15, -0.1) is 0 Å². The molecule has 0 aromatic carbocycles. The number of carboxylic acids is 1. The van der Waals surface area contributed by atoms with Gasteiger partial charge in [0.05, 0.1) is 0 Å². The van der Waals surface area contributed by atoms with Crippen LogP contribution in [0.25, 0.3) is 0 Å². The summed E-state index contributed by atoms with van der Waals surface area (Å²) >= 11 is 0. The third-order valence-electron chi connectivity index (χ3n) is 2.88. The largest absolute Gasteiger partial charge is 0.481 e.